The minimum Gasteiger partial charge on any atom is -0.450 e. The highest BCUT2D eigenvalue weighted by Gasteiger charge is 2.65. The molecule has 0 aromatic carbocycles. The predicted molar refractivity (Wildman–Crippen MR) is 115 cm³/mol. The monoisotopic (exact) mass is 492 g/mol. The molecule has 0 aromatic heterocycles. The summed E-state index contributed by atoms with van der Waals surface area (Å²) in [6, 6.07) is 0.485. The maximum absolute atomic E-state index is 11.9. The number of piperazine rings is 1. The number of carbonyl (C=O) groups excluding carboxylic acids is 1. The van der Waals surface area contributed by atoms with Crippen molar-refractivity contribution in [2.75, 3.05) is 46.4 Å². The Hall–Kier alpha value is -0.770. The van der Waals surface area contributed by atoms with E-state index in [-0.39, 0.29) is 30.1 Å². The molecule has 2 aliphatic heterocycles. The van der Waals surface area contributed by atoms with Crippen LogP contribution in [0.25, 0.3) is 0 Å². The van der Waals surface area contributed by atoms with Gasteiger partial charge in [0.1, 0.15) is 0 Å². The van der Waals surface area contributed by atoms with Crippen LogP contribution in [0.5, 0.6) is 0 Å². The molecule has 1 N–H and O–H groups in total. The van der Waals surface area contributed by atoms with Crippen molar-refractivity contribution in [2.45, 2.75) is 51.2 Å². The van der Waals surface area contributed by atoms with E-state index in [4.69, 9.17) is 9.47 Å². The number of aliphatic imine (C=N–C) groups is 1. The molecule has 4 fully saturated rings. The standard InChI is InChI=1S/C19H32N4O3.HI/c1-3-25-18(24)23-11-9-22(10-12-23)17(20-2)21-15-14-6-13-26-16(14)19(15)7-4-5-8-19;/h14-16H,3-13H2,1-2H3,(H,20,21);1H. The van der Waals surface area contributed by atoms with Crippen molar-refractivity contribution in [3.8, 4) is 0 Å². The number of guanidine groups is 1. The Morgan fingerprint density at radius 3 is 2.52 bits per heavy atom. The fourth-order valence-electron chi connectivity index (χ4n) is 5.66. The van der Waals surface area contributed by atoms with Gasteiger partial charge in [0.05, 0.1) is 12.7 Å². The molecule has 27 heavy (non-hydrogen) atoms. The number of nitrogens with one attached hydrogen (secondary N) is 1. The van der Waals surface area contributed by atoms with Crippen LogP contribution in [0.1, 0.15) is 39.0 Å². The lowest BCUT2D eigenvalue weighted by Crippen LogP contribution is -2.70. The molecule has 4 aliphatic rings. The van der Waals surface area contributed by atoms with Crippen LogP contribution in [-0.2, 0) is 9.47 Å². The number of ether oxygens (including phenoxy) is 2. The molecule has 7 nitrogen and oxygen atoms in total. The van der Waals surface area contributed by atoms with Gasteiger partial charge >= 0.3 is 6.09 Å². The van der Waals surface area contributed by atoms with Crippen molar-refractivity contribution in [1.29, 1.82) is 0 Å². The van der Waals surface area contributed by atoms with Crippen molar-refractivity contribution >= 4 is 36.0 Å². The third kappa shape index (κ3) is 3.63. The molecule has 1 amide bonds. The largest absolute Gasteiger partial charge is 0.450 e. The molecule has 2 heterocycles. The number of fused-ring (bicyclic) bond motifs is 2. The van der Waals surface area contributed by atoms with Gasteiger partial charge in [0.15, 0.2) is 5.96 Å². The van der Waals surface area contributed by atoms with E-state index in [1.165, 1.54) is 25.7 Å². The second kappa shape index (κ2) is 8.71. The Morgan fingerprint density at radius 2 is 1.89 bits per heavy atom. The van der Waals surface area contributed by atoms with Gasteiger partial charge in [-0.15, -0.1) is 24.0 Å². The molecule has 3 unspecified atom stereocenters. The number of amides is 1. The lowest BCUT2D eigenvalue weighted by atomic mass is 9.54. The van der Waals surface area contributed by atoms with E-state index in [1.54, 1.807) is 4.90 Å². The van der Waals surface area contributed by atoms with Crippen LogP contribution in [0, 0.1) is 11.3 Å². The lowest BCUT2D eigenvalue weighted by molar-refractivity contribution is -0.125. The van der Waals surface area contributed by atoms with E-state index < -0.39 is 0 Å². The fourth-order valence-corrected chi connectivity index (χ4v) is 5.66. The van der Waals surface area contributed by atoms with Gasteiger partial charge in [-0.2, -0.15) is 0 Å². The molecule has 4 rings (SSSR count). The smallest absolute Gasteiger partial charge is 0.409 e. The summed E-state index contributed by atoms with van der Waals surface area (Å²) in [7, 11) is 1.86. The van der Waals surface area contributed by atoms with Crippen molar-refractivity contribution in [3.05, 3.63) is 0 Å². The summed E-state index contributed by atoms with van der Waals surface area (Å²) in [5.74, 6) is 1.61. The van der Waals surface area contributed by atoms with Crippen molar-refractivity contribution < 1.29 is 14.3 Å². The zero-order chi connectivity index (χ0) is 18.1. The number of hydrogen-bond acceptors (Lipinski definition) is 4. The van der Waals surface area contributed by atoms with Gasteiger partial charge in [-0.1, -0.05) is 12.8 Å². The van der Waals surface area contributed by atoms with Crippen LogP contribution in [0.15, 0.2) is 4.99 Å². The van der Waals surface area contributed by atoms with Gasteiger partial charge in [-0.3, -0.25) is 4.99 Å². The van der Waals surface area contributed by atoms with E-state index in [1.807, 2.05) is 14.0 Å². The van der Waals surface area contributed by atoms with Crippen molar-refractivity contribution in [2.24, 2.45) is 16.3 Å². The highest BCUT2D eigenvalue weighted by Crippen LogP contribution is 2.60. The molecular weight excluding hydrogens is 459 g/mol. The molecule has 1 spiro atoms. The maximum Gasteiger partial charge on any atom is 0.409 e. The highest BCUT2D eigenvalue weighted by atomic mass is 127. The first-order valence-electron chi connectivity index (χ1n) is 10.2. The topological polar surface area (TPSA) is 66.4 Å². The summed E-state index contributed by atoms with van der Waals surface area (Å²) >= 11 is 0. The number of hydrogen-bond donors (Lipinski definition) is 1. The quantitative estimate of drug-likeness (QED) is 0.364. The molecule has 8 heteroatoms. The molecular formula is C19H33IN4O3. The minimum absolute atomic E-state index is 0. The zero-order valence-electron chi connectivity index (χ0n) is 16.5. The molecule has 0 aromatic rings. The van der Waals surface area contributed by atoms with Crippen molar-refractivity contribution in [3.63, 3.8) is 0 Å². The lowest BCUT2D eigenvalue weighted by Gasteiger charge is -2.57. The average Bonchev–Trinajstić information content (AvgIpc) is 3.32. The molecule has 154 valence electrons. The normalized spacial score (nSPS) is 31.9. The third-order valence-corrected chi connectivity index (χ3v) is 6.89. The molecule has 2 aliphatic carbocycles. The first-order chi connectivity index (χ1) is 12.7. The van der Waals surface area contributed by atoms with Gasteiger partial charge in [-0.25, -0.2) is 4.79 Å². The average molecular weight is 492 g/mol. The summed E-state index contributed by atoms with van der Waals surface area (Å²) in [5, 5.41) is 3.81. The number of halogens is 1. The van der Waals surface area contributed by atoms with Crippen LogP contribution >= 0.6 is 24.0 Å². The SMILES string of the molecule is CCOC(=O)N1CCN(C(=NC)NC2C3CCOC3C23CCCC3)CC1.I. The van der Waals surface area contributed by atoms with E-state index in [0.717, 1.165) is 32.1 Å². The summed E-state index contributed by atoms with van der Waals surface area (Å²) in [6.07, 6.45) is 6.62. The molecule has 2 saturated carbocycles. The van der Waals surface area contributed by atoms with E-state index in [9.17, 15) is 4.79 Å². The predicted octanol–water partition coefficient (Wildman–Crippen LogP) is 2.30. The van der Waals surface area contributed by atoms with Crippen LogP contribution in [0.4, 0.5) is 4.79 Å². The molecule has 0 radical (unpaired) electrons. The minimum atomic E-state index is -0.204. The first-order valence-corrected chi connectivity index (χ1v) is 10.2. The van der Waals surface area contributed by atoms with E-state index in [0.29, 0.717) is 43.2 Å². The van der Waals surface area contributed by atoms with Gasteiger partial charge in [-0.05, 0) is 26.2 Å². The Labute approximate surface area is 179 Å². The summed E-state index contributed by atoms with van der Waals surface area (Å²) in [6.45, 7) is 6.14. The summed E-state index contributed by atoms with van der Waals surface area (Å²) in [5.41, 5.74) is 0.323. The highest BCUT2D eigenvalue weighted by molar-refractivity contribution is 14.0. The third-order valence-electron chi connectivity index (χ3n) is 6.89. The van der Waals surface area contributed by atoms with Crippen molar-refractivity contribution in [1.82, 2.24) is 15.1 Å². The van der Waals surface area contributed by atoms with E-state index in [2.05, 4.69) is 15.2 Å². The van der Waals surface area contributed by atoms with Crippen LogP contribution in [0.3, 0.4) is 0 Å². The fraction of sp³-hybridized carbons (Fsp3) is 0.895. The number of rotatable bonds is 2. The van der Waals surface area contributed by atoms with Gasteiger partial charge in [0.2, 0.25) is 0 Å². The number of nitrogens with zero attached hydrogens (tertiary/aromatic N) is 3. The summed E-state index contributed by atoms with van der Waals surface area (Å²) in [4.78, 5) is 20.5. The Kier molecular flexibility index (Phi) is 6.76. The van der Waals surface area contributed by atoms with Gasteiger partial charge < -0.3 is 24.6 Å². The van der Waals surface area contributed by atoms with E-state index >= 15 is 0 Å². The second-order valence-electron chi connectivity index (χ2n) is 8.03. The van der Waals surface area contributed by atoms with Crippen LogP contribution < -0.4 is 5.32 Å². The summed E-state index contributed by atoms with van der Waals surface area (Å²) < 4.78 is 11.2. The van der Waals surface area contributed by atoms with Gasteiger partial charge in [0, 0.05) is 57.2 Å². The Morgan fingerprint density at radius 1 is 1.22 bits per heavy atom. The zero-order valence-corrected chi connectivity index (χ0v) is 18.8. The molecule has 0 bridgehead atoms. The van der Waals surface area contributed by atoms with Crippen LogP contribution in [0.2, 0.25) is 0 Å². The Balaban J connectivity index is 0.00000210. The second-order valence-corrected chi connectivity index (χ2v) is 8.03. The van der Waals surface area contributed by atoms with Crippen LogP contribution in [-0.4, -0.2) is 80.4 Å². The molecule has 2 saturated heterocycles. The first kappa shape index (κ1) is 21.0. The molecule has 3 atom stereocenters. The Bertz CT molecular complexity index is 559. The number of carbonyl (C=O) groups is 1. The van der Waals surface area contributed by atoms with Gasteiger partial charge in [0.25, 0.3) is 0 Å². The maximum atomic E-state index is 11.9.